The average Bonchev–Trinajstić information content (AvgIpc) is 2.21. The fraction of sp³-hybridized carbons (Fsp3) is 0.400. The number of hydrogen-bond acceptors (Lipinski definition) is 3. The topological polar surface area (TPSA) is 47.3 Å². The Hall–Kier alpha value is -0.260. The number of hydrogen-bond donors (Lipinski definition) is 2. The van der Waals surface area contributed by atoms with Crippen molar-refractivity contribution in [3.8, 4) is 5.75 Å². The number of nitrogens with two attached hydrogens (primary N) is 1. The summed E-state index contributed by atoms with van der Waals surface area (Å²) in [5.74, 6) is 0.819. The highest BCUT2D eigenvalue weighted by Gasteiger charge is 2.04. The fourth-order valence-corrected chi connectivity index (χ4v) is 2.23. The molecule has 0 saturated carbocycles. The van der Waals surface area contributed by atoms with Crippen LogP contribution in [0.4, 0.5) is 5.69 Å². The number of benzene rings is 1. The predicted octanol–water partition coefficient (Wildman–Crippen LogP) is 2.78. The van der Waals surface area contributed by atoms with E-state index < -0.39 is 0 Å². The van der Waals surface area contributed by atoms with E-state index in [-0.39, 0.29) is 0 Å². The molecule has 0 heterocycles. The summed E-state index contributed by atoms with van der Waals surface area (Å²) in [6, 6.07) is 3.75. The van der Waals surface area contributed by atoms with Gasteiger partial charge in [0.2, 0.25) is 0 Å². The Morgan fingerprint density at radius 1 is 1.33 bits per heavy atom. The van der Waals surface area contributed by atoms with Gasteiger partial charge in [-0.2, -0.15) is 0 Å². The molecule has 1 aromatic rings. The van der Waals surface area contributed by atoms with Crippen LogP contribution < -0.4 is 15.8 Å². The lowest BCUT2D eigenvalue weighted by molar-refractivity contribution is 0.309. The quantitative estimate of drug-likeness (QED) is 0.641. The predicted molar refractivity (Wildman–Crippen MR) is 70.3 cm³/mol. The molecule has 1 aromatic carbocycles. The Bertz CT molecular complexity index is 308. The zero-order valence-electron chi connectivity index (χ0n) is 8.52. The molecule has 0 bridgehead atoms. The molecule has 0 radical (unpaired) electrons. The van der Waals surface area contributed by atoms with Crippen LogP contribution in [0.2, 0.25) is 0 Å². The molecule has 0 aliphatic carbocycles. The third-order valence-electron chi connectivity index (χ3n) is 1.89. The van der Waals surface area contributed by atoms with Crippen LogP contribution in [0.1, 0.15) is 6.42 Å². The monoisotopic (exact) mass is 336 g/mol. The van der Waals surface area contributed by atoms with Gasteiger partial charge in [-0.1, -0.05) is 0 Å². The summed E-state index contributed by atoms with van der Waals surface area (Å²) in [6.07, 6.45) is 0.982. The Morgan fingerprint density at radius 2 is 1.93 bits per heavy atom. The second-order valence-electron chi connectivity index (χ2n) is 3.11. The molecule has 0 spiro atoms. The molecule has 1 rings (SSSR count). The van der Waals surface area contributed by atoms with Crippen molar-refractivity contribution in [3.05, 3.63) is 21.1 Å². The van der Waals surface area contributed by atoms with Gasteiger partial charge in [0.1, 0.15) is 5.75 Å². The van der Waals surface area contributed by atoms with E-state index in [1.54, 1.807) is 0 Å². The Labute approximate surface area is 107 Å². The minimum atomic E-state index is 0.692. The fourth-order valence-electron chi connectivity index (χ4n) is 1.08. The highest BCUT2D eigenvalue weighted by Crippen LogP contribution is 2.32. The van der Waals surface area contributed by atoms with Crippen LogP contribution in [0.5, 0.6) is 5.75 Å². The van der Waals surface area contributed by atoms with E-state index in [2.05, 4.69) is 37.2 Å². The van der Waals surface area contributed by atoms with Crippen molar-refractivity contribution in [2.45, 2.75) is 6.42 Å². The molecule has 84 valence electrons. The van der Waals surface area contributed by atoms with Crippen molar-refractivity contribution < 1.29 is 4.74 Å². The molecule has 5 heteroatoms. The zero-order chi connectivity index (χ0) is 11.3. The largest absolute Gasteiger partial charge is 0.493 e. The number of anilines is 1. The van der Waals surface area contributed by atoms with Crippen LogP contribution in [-0.2, 0) is 0 Å². The average molecular weight is 338 g/mol. The molecule has 0 fully saturated rings. The van der Waals surface area contributed by atoms with Gasteiger partial charge in [-0.25, -0.2) is 0 Å². The number of nitrogen functional groups attached to an aromatic ring is 1. The van der Waals surface area contributed by atoms with E-state index >= 15 is 0 Å². The number of nitrogens with one attached hydrogen (secondary N) is 1. The third kappa shape index (κ3) is 4.01. The van der Waals surface area contributed by atoms with E-state index in [0.29, 0.717) is 12.3 Å². The second-order valence-corrected chi connectivity index (χ2v) is 4.81. The van der Waals surface area contributed by atoms with Crippen molar-refractivity contribution in [1.29, 1.82) is 0 Å². The SMILES string of the molecule is CNCCCOc1cc(Br)c(N)c(Br)c1. The Kier molecular flexibility index (Phi) is 5.42. The van der Waals surface area contributed by atoms with E-state index in [1.165, 1.54) is 0 Å². The molecule has 3 N–H and O–H groups in total. The van der Waals surface area contributed by atoms with Crippen molar-refractivity contribution in [3.63, 3.8) is 0 Å². The lowest BCUT2D eigenvalue weighted by atomic mass is 10.3. The van der Waals surface area contributed by atoms with Gasteiger partial charge in [-0.3, -0.25) is 0 Å². The summed E-state index contributed by atoms with van der Waals surface area (Å²) in [5, 5.41) is 3.07. The summed E-state index contributed by atoms with van der Waals surface area (Å²) in [6.45, 7) is 1.65. The van der Waals surface area contributed by atoms with Crippen LogP contribution in [0, 0.1) is 0 Å². The maximum Gasteiger partial charge on any atom is 0.121 e. The summed E-state index contributed by atoms with van der Waals surface area (Å²) in [7, 11) is 1.93. The van der Waals surface area contributed by atoms with Crippen LogP contribution in [-0.4, -0.2) is 20.2 Å². The van der Waals surface area contributed by atoms with Gasteiger partial charge in [0.15, 0.2) is 0 Å². The molecule has 0 amide bonds. The Balaban J connectivity index is 2.55. The normalized spacial score (nSPS) is 10.3. The molecular weight excluding hydrogens is 324 g/mol. The minimum absolute atomic E-state index is 0.692. The van der Waals surface area contributed by atoms with Gasteiger partial charge in [-0.15, -0.1) is 0 Å². The molecule has 0 unspecified atom stereocenters. The first-order valence-corrected chi connectivity index (χ1v) is 6.25. The Morgan fingerprint density at radius 3 is 2.47 bits per heavy atom. The molecule has 0 aliphatic rings. The van der Waals surface area contributed by atoms with Crippen LogP contribution in [0.25, 0.3) is 0 Å². The van der Waals surface area contributed by atoms with Gasteiger partial charge in [-0.05, 0) is 64.0 Å². The van der Waals surface area contributed by atoms with Gasteiger partial charge in [0.05, 0.1) is 12.3 Å². The van der Waals surface area contributed by atoms with E-state index in [1.807, 2.05) is 19.2 Å². The zero-order valence-corrected chi connectivity index (χ0v) is 11.7. The summed E-state index contributed by atoms with van der Waals surface area (Å²) in [5.41, 5.74) is 6.46. The standard InChI is InChI=1S/C10H14Br2N2O/c1-14-3-2-4-15-7-5-8(11)10(13)9(12)6-7/h5-6,14H,2-4,13H2,1H3. The molecule has 0 aliphatic heterocycles. The second kappa shape index (κ2) is 6.35. The van der Waals surface area contributed by atoms with Crippen molar-refractivity contribution >= 4 is 37.5 Å². The summed E-state index contributed by atoms with van der Waals surface area (Å²) < 4.78 is 7.26. The smallest absolute Gasteiger partial charge is 0.121 e. The lowest BCUT2D eigenvalue weighted by Crippen LogP contribution is -2.11. The van der Waals surface area contributed by atoms with Gasteiger partial charge >= 0.3 is 0 Å². The van der Waals surface area contributed by atoms with Crippen molar-refractivity contribution in [2.75, 3.05) is 25.9 Å². The minimum Gasteiger partial charge on any atom is -0.493 e. The van der Waals surface area contributed by atoms with Gasteiger partial charge < -0.3 is 15.8 Å². The summed E-state index contributed by atoms with van der Waals surface area (Å²) in [4.78, 5) is 0. The van der Waals surface area contributed by atoms with E-state index in [4.69, 9.17) is 10.5 Å². The maximum absolute atomic E-state index is 5.77. The number of rotatable bonds is 5. The third-order valence-corrected chi connectivity index (χ3v) is 3.20. The number of ether oxygens (including phenoxy) is 1. The van der Waals surface area contributed by atoms with E-state index in [9.17, 15) is 0 Å². The highest BCUT2D eigenvalue weighted by atomic mass is 79.9. The first-order chi connectivity index (χ1) is 7.15. The van der Waals surface area contributed by atoms with E-state index in [0.717, 1.165) is 27.7 Å². The molecule has 0 saturated heterocycles. The van der Waals surface area contributed by atoms with Crippen molar-refractivity contribution in [2.24, 2.45) is 0 Å². The molecule has 0 atom stereocenters. The van der Waals surface area contributed by atoms with Crippen LogP contribution >= 0.6 is 31.9 Å². The highest BCUT2D eigenvalue weighted by molar-refractivity contribution is 9.11. The van der Waals surface area contributed by atoms with Gasteiger partial charge in [0.25, 0.3) is 0 Å². The summed E-state index contributed by atoms with van der Waals surface area (Å²) >= 11 is 6.74. The molecule has 0 aromatic heterocycles. The lowest BCUT2D eigenvalue weighted by Gasteiger charge is -2.09. The van der Waals surface area contributed by atoms with Gasteiger partial charge in [0, 0.05) is 8.95 Å². The molecular formula is C10H14Br2N2O. The number of halogens is 2. The van der Waals surface area contributed by atoms with Crippen LogP contribution in [0.15, 0.2) is 21.1 Å². The van der Waals surface area contributed by atoms with Crippen molar-refractivity contribution in [1.82, 2.24) is 5.32 Å². The molecule has 3 nitrogen and oxygen atoms in total. The maximum atomic E-state index is 5.77. The first kappa shape index (κ1) is 12.8. The van der Waals surface area contributed by atoms with Crippen LogP contribution in [0.3, 0.4) is 0 Å². The molecule has 15 heavy (non-hydrogen) atoms. The first-order valence-electron chi connectivity index (χ1n) is 4.67.